The van der Waals surface area contributed by atoms with Gasteiger partial charge in [-0.25, -0.2) is 0 Å². The minimum atomic E-state index is -0.0232. The van der Waals surface area contributed by atoms with E-state index in [0.29, 0.717) is 5.22 Å². The van der Waals surface area contributed by atoms with E-state index >= 15 is 0 Å². The summed E-state index contributed by atoms with van der Waals surface area (Å²) in [6.45, 7) is 3.87. The van der Waals surface area contributed by atoms with Crippen molar-refractivity contribution in [2.75, 3.05) is 7.05 Å². The van der Waals surface area contributed by atoms with Crippen molar-refractivity contribution in [2.45, 2.75) is 19.9 Å². The lowest BCUT2D eigenvalue weighted by atomic mass is 10.1. The third-order valence-electron chi connectivity index (χ3n) is 2.56. The smallest absolute Gasteiger partial charge is 0.193 e. The number of hydrogen-bond donors (Lipinski definition) is 1. The summed E-state index contributed by atoms with van der Waals surface area (Å²) in [4.78, 5) is 0. The van der Waals surface area contributed by atoms with Crippen molar-refractivity contribution in [3.8, 4) is 0 Å². The largest absolute Gasteiger partial charge is 0.466 e. The predicted molar refractivity (Wildman–Crippen MR) is 62.8 cm³/mol. The Morgan fingerprint density at radius 2 is 2.00 bits per heavy atom. The zero-order chi connectivity index (χ0) is 11.7. The Hall–Kier alpha value is -1.19. The van der Waals surface area contributed by atoms with Crippen LogP contribution in [0.4, 0.5) is 0 Å². The first-order valence-corrected chi connectivity index (χ1v) is 5.49. The molecule has 0 amide bonds. The molecule has 86 valence electrons. The second-order valence-corrected chi connectivity index (χ2v) is 4.10. The van der Waals surface area contributed by atoms with E-state index in [2.05, 4.69) is 5.32 Å². The van der Waals surface area contributed by atoms with Gasteiger partial charge in [0.1, 0.15) is 17.3 Å². The van der Waals surface area contributed by atoms with Crippen LogP contribution in [-0.2, 0) is 0 Å². The van der Waals surface area contributed by atoms with Gasteiger partial charge in [-0.2, -0.15) is 0 Å². The third kappa shape index (κ3) is 2.01. The Kier molecular flexibility index (Phi) is 3.08. The lowest BCUT2D eigenvalue weighted by Crippen LogP contribution is -2.17. The van der Waals surface area contributed by atoms with Gasteiger partial charge < -0.3 is 14.2 Å². The van der Waals surface area contributed by atoms with E-state index in [-0.39, 0.29) is 6.04 Å². The van der Waals surface area contributed by atoms with Gasteiger partial charge in [0.25, 0.3) is 0 Å². The highest BCUT2D eigenvalue weighted by Crippen LogP contribution is 2.29. The number of hydrogen-bond acceptors (Lipinski definition) is 3. The van der Waals surface area contributed by atoms with Crippen molar-refractivity contribution in [3.63, 3.8) is 0 Å². The number of halogens is 1. The number of aryl methyl sites for hydroxylation is 2. The molecule has 0 spiro atoms. The molecule has 2 heterocycles. The first-order valence-electron chi connectivity index (χ1n) is 5.11. The van der Waals surface area contributed by atoms with Crippen LogP contribution in [0.2, 0.25) is 5.22 Å². The van der Waals surface area contributed by atoms with Gasteiger partial charge in [-0.15, -0.1) is 0 Å². The fourth-order valence-electron chi connectivity index (χ4n) is 1.87. The Balaban J connectivity index is 2.40. The maximum Gasteiger partial charge on any atom is 0.193 e. The number of furan rings is 2. The Labute approximate surface area is 99.4 Å². The molecule has 16 heavy (non-hydrogen) atoms. The molecule has 0 aliphatic carbocycles. The summed E-state index contributed by atoms with van der Waals surface area (Å²) in [5.74, 6) is 2.58. The number of rotatable bonds is 3. The second-order valence-electron chi connectivity index (χ2n) is 3.73. The van der Waals surface area contributed by atoms with Crippen LogP contribution < -0.4 is 5.32 Å². The van der Waals surface area contributed by atoms with Crippen molar-refractivity contribution >= 4 is 11.6 Å². The van der Waals surface area contributed by atoms with E-state index in [1.165, 1.54) is 0 Å². The quantitative estimate of drug-likeness (QED) is 0.892. The van der Waals surface area contributed by atoms with Crippen LogP contribution in [0.25, 0.3) is 0 Å². The van der Waals surface area contributed by atoms with Crippen LogP contribution in [-0.4, -0.2) is 7.05 Å². The first-order chi connectivity index (χ1) is 7.61. The van der Waals surface area contributed by atoms with Crippen LogP contribution >= 0.6 is 11.6 Å². The van der Waals surface area contributed by atoms with Crippen molar-refractivity contribution in [1.29, 1.82) is 0 Å². The van der Waals surface area contributed by atoms with Crippen LogP contribution in [0.15, 0.2) is 27.0 Å². The van der Waals surface area contributed by atoms with E-state index in [4.69, 9.17) is 20.4 Å². The molecule has 0 aliphatic heterocycles. The molecule has 3 nitrogen and oxygen atoms in total. The molecular formula is C12H14ClNO2. The molecule has 2 aromatic rings. The Morgan fingerprint density at radius 1 is 1.25 bits per heavy atom. The molecule has 0 saturated carbocycles. The zero-order valence-corrected chi connectivity index (χ0v) is 10.3. The first kappa shape index (κ1) is 11.3. The summed E-state index contributed by atoms with van der Waals surface area (Å²) in [5.41, 5.74) is 1.08. The van der Waals surface area contributed by atoms with Gasteiger partial charge in [0.2, 0.25) is 0 Å². The fourth-order valence-corrected chi connectivity index (χ4v) is 2.02. The van der Waals surface area contributed by atoms with Crippen LogP contribution in [0.1, 0.15) is 28.9 Å². The molecule has 0 radical (unpaired) electrons. The molecule has 0 aliphatic rings. The second kappa shape index (κ2) is 4.36. The molecule has 2 rings (SSSR count). The van der Waals surface area contributed by atoms with Crippen molar-refractivity contribution < 1.29 is 8.83 Å². The van der Waals surface area contributed by atoms with E-state index in [1.807, 2.05) is 33.0 Å². The van der Waals surface area contributed by atoms with Gasteiger partial charge in [0.15, 0.2) is 5.22 Å². The summed E-state index contributed by atoms with van der Waals surface area (Å²) in [5, 5.41) is 3.59. The molecule has 0 saturated heterocycles. The molecule has 0 fully saturated rings. The Bertz CT molecular complexity index is 487. The average molecular weight is 240 g/mol. The fraction of sp³-hybridized carbons (Fsp3) is 0.333. The van der Waals surface area contributed by atoms with Gasteiger partial charge in [-0.3, -0.25) is 0 Å². The lowest BCUT2D eigenvalue weighted by Gasteiger charge is -2.12. The minimum absolute atomic E-state index is 0.0232. The minimum Gasteiger partial charge on any atom is -0.466 e. The highest BCUT2D eigenvalue weighted by atomic mass is 35.5. The topological polar surface area (TPSA) is 38.3 Å². The highest BCUT2D eigenvalue weighted by Gasteiger charge is 2.20. The maximum atomic E-state index is 5.78. The molecule has 4 heteroatoms. The highest BCUT2D eigenvalue weighted by molar-refractivity contribution is 6.28. The molecule has 1 N–H and O–H groups in total. The van der Waals surface area contributed by atoms with Gasteiger partial charge in [-0.05, 0) is 50.7 Å². The van der Waals surface area contributed by atoms with E-state index < -0.39 is 0 Å². The standard InChI is InChI=1S/C12H14ClNO2/c1-7-6-9(8(2)15-7)12(14-3)10-4-5-11(13)16-10/h4-6,12,14H,1-3H3. The Morgan fingerprint density at radius 3 is 2.44 bits per heavy atom. The monoisotopic (exact) mass is 239 g/mol. The van der Waals surface area contributed by atoms with Crippen LogP contribution in [0.3, 0.4) is 0 Å². The number of nitrogens with one attached hydrogen (secondary N) is 1. The third-order valence-corrected chi connectivity index (χ3v) is 2.76. The summed E-state index contributed by atoms with van der Waals surface area (Å²) in [6.07, 6.45) is 0. The summed E-state index contributed by atoms with van der Waals surface area (Å²) >= 11 is 5.78. The maximum absolute atomic E-state index is 5.78. The summed E-state index contributed by atoms with van der Waals surface area (Å²) in [6, 6.07) is 5.59. The van der Waals surface area contributed by atoms with Gasteiger partial charge >= 0.3 is 0 Å². The van der Waals surface area contributed by atoms with E-state index in [9.17, 15) is 0 Å². The zero-order valence-electron chi connectivity index (χ0n) is 9.50. The predicted octanol–water partition coefficient (Wildman–Crippen LogP) is 3.45. The van der Waals surface area contributed by atoms with Crippen molar-refractivity contribution in [3.05, 3.63) is 46.3 Å². The molecule has 1 atom stereocenters. The van der Waals surface area contributed by atoms with Crippen molar-refractivity contribution in [2.24, 2.45) is 0 Å². The molecule has 1 unspecified atom stereocenters. The van der Waals surface area contributed by atoms with E-state index in [1.54, 1.807) is 6.07 Å². The molecule has 2 aromatic heterocycles. The normalized spacial score (nSPS) is 13.0. The van der Waals surface area contributed by atoms with Crippen molar-refractivity contribution in [1.82, 2.24) is 5.32 Å². The van der Waals surface area contributed by atoms with Gasteiger partial charge in [0, 0.05) is 5.56 Å². The van der Waals surface area contributed by atoms with Crippen LogP contribution in [0, 0.1) is 13.8 Å². The SMILES string of the molecule is CNC(c1ccc(Cl)o1)c1cc(C)oc1C. The molecule has 0 bridgehead atoms. The molecular weight excluding hydrogens is 226 g/mol. The molecule has 0 aromatic carbocycles. The lowest BCUT2D eigenvalue weighted by molar-refractivity contribution is 0.454. The average Bonchev–Trinajstić information content (AvgIpc) is 2.76. The van der Waals surface area contributed by atoms with Crippen LogP contribution in [0.5, 0.6) is 0 Å². The van der Waals surface area contributed by atoms with Gasteiger partial charge in [-0.1, -0.05) is 0 Å². The summed E-state index contributed by atoms with van der Waals surface area (Å²) in [7, 11) is 1.88. The van der Waals surface area contributed by atoms with Gasteiger partial charge in [0.05, 0.1) is 6.04 Å². The summed E-state index contributed by atoms with van der Waals surface area (Å²) < 4.78 is 10.9. The van der Waals surface area contributed by atoms with E-state index in [0.717, 1.165) is 22.8 Å².